The fraction of sp³-hybridized carbons (Fsp3) is 0.476. The number of hydrogen-bond acceptors (Lipinski definition) is 3. The van der Waals surface area contributed by atoms with Crippen molar-refractivity contribution in [2.24, 2.45) is 11.8 Å². The number of nitrogens with one attached hydrogen (secondary N) is 1. The molecule has 0 radical (unpaired) electrons. The van der Waals surface area contributed by atoms with Crippen LogP contribution in [0.4, 0.5) is 18.9 Å². The number of benzene rings is 1. The van der Waals surface area contributed by atoms with Crippen LogP contribution < -0.4 is 5.32 Å². The molecule has 1 aromatic carbocycles. The number of aliphatic carboxylic acids is 1. The molecule has 5 atom stereocenters. The number of anilines is 1. The van der Waals surface area contributed by atoms with Crippen molar-refractivity contribution in [3.63, 3.8) is 0 Å². The van der Waals surface area contributed by atoms with Crippen LogP contribution in [-0.2, 0) is 15.7 Å². The highest BCUT2D eigenvalue weighted by Crippen LogP contribution is 2.49. The maximum Gasteiger partial charge on any atom is 0.416 e. The van der Waals surface area contributed by atoms with E-state index in [0.29, 0.717) is 24.1 Å². The molecule has 0 saturated carbocycles. The predicted octanol–water partition coefficient (Wildman–Crippen LogP) is 4.94. The van der Waals surface area contributed by atoms with Crippen molar-refractivity contribution in [1.29, 1.82) is 0 Å². The average molecular weight is 393 g/mol. The molecule has 0 aromatic heterocycles. The SMILES string of the molecule is O=C(O)C[C@H]1CC[C@@H]2[C@H](O1)c1cc(C(F)(F)F)ccc1N[C@H]2C1C=CC=CC1. The van der Waals surface area contributed by atoms with Crippen LogP contribution in [0.3, 0.4) is 0 Å². The fourth-order valence-electron chi connectivity index (χ4n) is 4.61. The third-order valence-corrected chi connectivity index (χ3v) is 5.90. The van der Waals surface area contributed by atoms with Crippen LogP contribution >= 0.6 is 0 Å². The van der Waals surface area contributed by atoms with Crippen molar-refractivity contribution >= 4 is 11.7 Å². The third kappa shape index (κ3) is 3.68. The second kappa shape index (κ2) is 7.28. The van der Waals surface area contributed by atoms with Gasteiger partial charge < -0.3 is 15.2 Å². The molecule has 150 valence electrons. The molecular formula is C21H22F3NO3. The highest BCUT2D eigenvalue weighted by Gasteiger charge is 2.45. The molecule has 2 heterocycles. The molecule has 1 fully saturated rings. The number of alkyl halides is 3. The number of hydrogen-bond donors (Lipinski definition) is 2. The second-order valence-corrected chi connectivity index (χ2v) is 7.70. The van der Waals surface area contributed by atoms with Crippen molar-refractivity contribution in [2.45, 2.75) is 50.1 Å². The zero-order valence-electron chi connectivity index (χ0n) is 15.2. The number of carboxylic acids is 1. The Labute approximate surface area is 161 Å². The lowest BCUT2D eigenvalue weighted by Crippen LogP contribution is -2.47. The first-order valence-corrected chi connectivity index (χ1v) is 9.51. The molecule has 0 amide bonds. The summed E-state index contributed by atoms with van der Waals surface area (Å²) in [6, 6.07) is 3.72. The molecule has 4 rings (SSSR count). The van der Waals surface area contributed by atoms with Gasteiger partial charge in [-0.25, -0.2) is 0 Å². The van der Waals surface area contributed by atoms with E-state index in [2.05, 4.69) is 17.5 Å². The van der Waals surface area contributed by atoms with Crippen LogP contribution in [0.2, 0.25) is 0 Å². The van der Waals surface area contributed by atoms with E-state index in [1.54, 1.807) is 0 Å². The molecular weight excluding hydrogens is 371 g/mol. The molecule has 1 aliphatic carbocycles. The van der Waals surface area contributed by atoms with E-state index in [9.17, 15) is 18.0 Å². The van der Waals surface area contributed by atoms with Crippen LogP contribution in [-0.4, -0.2) is 23.2 Å². The van der Waals surface area contributed by atoms with E-state index < -0.39 is 29.9 Å². The number of carbonyl (C=O) groups is 1. The summed E-state index contributed by atoms with van der Waals surface area (Å²) in [6.45, 7) is 0. The first kappa shape index (κ1) is 19.1. The molecule has 7 heteroatoms. The minimum atomic E-state index is -4.44. The molecule has 0 spiro atoms. The summed E-state index contributed by atoms with van der Waals surface area (Å²) < 4.78 is 45.8. The molecule has 4 nitrogen and oxygen atoms in total. The van der Waals surface area contributed by atoms with Crippen LogP contribution in [0.5, 0.6) is 0 Å². The lowest BCUT2D eigenvalue weighted by Gasteiger charge is -2.47. The summed E-state index contributed by atoms with van der Waals surface area (Å²) in [5.41, 5.74) is 0.398. The Hall–Kier alpha value is -2.28. The summed E-state index contributed by atoms with van der Waals surface area (Å²) >= 11 is 0. The van der Waals surface area contributed by atoms with E-state index in [1.165, 1.54) is 6.07 Å². The highest BCUT2D eigenvalue weighted by atomic mass is 19.4. The van der Waals surface area contributed by atoms with Gasteiger partial charge in [-0.1, -0.05) is 24.3 Å². The van der Waals surface area contributed by atoms with Gasteiger partial charge in [0.05, 0.1) is 24.2 Å². The molecule has 1 unspecified atom stereocenters. The maximum atomic E-state index is 13.2. The summed E-state index contributed by atoms with van der Waals surface area (Å²) in [5.74, 6) is -0.756. The van der Waals surface area contributed by atoms with Gasteiger partial charge in [0.1, 0.15) is 0 Å². The maximum absolute atomic E-state index is 13.2. The Morgan fingerprint density at radius 3 is 2.75 bits per heavy atom. The van der Waals surface area contributed by atoms with E-state index in [-0.39, 0.29) is 24.3 Å². The summed E-state index contributed by atoms with van der Waals surface area (Å²) in [4.78, 5) is 11.1. The number of rotatable bonds is 3. The normalized spacial score (nSPS) is 31.6. The topological polar surface area (TPSA) is 58.6 Å². The van der Waals surface area contributed by atoms with Crippen LogP contribution in [0.1, 0.15) is 42.9 Å². The van der Waals surface area contributed by atoms with Gasteiger partial charge in [-0.2, -0.15) is 13.2 Å². The Morgan fingerprint density at radius 1 is 1.25 bits per heavy atom. The van der Waals surface area contributed by atoms with Gasteiger partial charge in [-0.15, -0.1) is 0 Å². The average Bonchev–Trinajstić information content (AvgIpc) is 2.66. The van der Waals surface area contributed by atoms with Crippen molar-refractivity contribution in [1.82, 2.24) is 0 Å². The van der Waals surface area contributed by atoms with Gasteiger partial charge in [-0.3, -0.25) is 4.79 Å². The standard InChI is InChI=1S/C21H22F3NO3/c22-21(23,24)13-6-9-17-16(10-13)20-15(8-7-14(28-20)11-18(26)27)19(25-17)12-4-2-1-3-5-12/h1-4,6,9-10,12,14-15,19-20,25H,5,7-8,11H2,(H,26,27)/t12?,14-,15+,19+,20+/m1/s1. The van der Waals surface area contributed by atoms with E-state index in [4.69, 9.17) is 9.84 Å². The molecule has 2 N–H and O–H groups in total. The minimum absolute atomic E-state index is 0.0119. The monoisotopic (exact) mass is 393 g/mol. The quantitative estimate of drug-likeness (QED) is 0.764. The van der Waals surface area contributed by atoms with Gasteiger partial charge in [0, 0.05) is 29.1 Å². The molecule has 0 bridgehead atoms. The van der Waals surface area contributed by atoms with Crippen molar-refractivity contribution in [3.8, 4) is 0 Å². The van der Waals surface area contributed by atoms with Crippen molar-refractivity contribution < 1.29 is 27.8 Å². The number of halogens is 3. The minimum Gasteiger partial charge on any atom is -0.481 e. The summed E-state index contributed by atoms with van der Waals surface area (Å²) in [7, 11) is 0. The Morgan fingerprint density at radius 2 is 2.07 bits per heavy atom. The first-order chi connectivity index (χ1) is 13.3. The van der Waals surface area contributed by atoms with Gasteiger partial charge >= 0.3 is 12.1 Å². The Balaban J connectivity index is 1.70. The van der Waals surface area contributed by atoms with Crippen LogP contribution in [0.15, 0.2) is 42.5 Å². The number of fused-ring (bicyclic) bond motifs is 3. The predicted molar refractivity (Wildman–Crippen MR) is 97.8 cm³/mol. The third-order valence-electron chi connectivity index (χ3n) is 5.90. The zero-order chi connectivity index (χ0) is 19.9. The first-order valence-electron chi connectivity index (χ1n) is 9.51. The summed E-state index contributed by atoms with van der Waals surface area (Å²) in [5, 5.41) is 12.6. The lowest BCUT2D eigenvalue weighted by molar-refractivity contribution is -0.147. The fourth-order valence-corrected chi connectivity index (χ4v) is 4.61. The van der Waals surface area contributed by atoms with Crippen LogP contribution in [0.25, 0.3) is 0 Å². The second-order valence-electron chi connectivity index (χ2n) is 7.70. The van der Waals surface area contributed by atoms with Crippen LogP contribution in [0, 0.1) is 11.8 Å². The number of carboxylic acid groups (broad SMARTS) is 1. The molecule has 1 aromatic rings. The van der Waals surface area contributed by atoms with E-state index in [0.717, 1.165) is 18.6 Å². The van der Waals surface area contributed by atoms with Crippen molar-refractivity contribution in [2.75, 3.05) is 5.32 Å². The largest absolute Gasteiger partial charge is 0.481 e. The molecule has 28 heavy (non-hydrogen) atoms. The van der Waals surface area contributed by atoms with E-state index in [1.807, 2.05) is 12.2 Å². The van der Waals surface area contributed by atoms with Gasteiger partial charge in [-0.05, 0) is 37.5 Å². The van der Waals surface area contributed by atoms with Gasteiger partial charge in [0.15, 0.2) is 0 Å². The summed E-state index contributed by atoms with van der Waals surface area (Å²) in [6.07, 6.45) is 4.73. The molecule has 3 aliphatic rings. The van der Waals surface area contributed by atoms with Gasteiger partial charge in [0.25, 0.3) is 0 Å². The highest BCUT2D eigenvalue weighted by molar-refractivity contribution is 5.67. The zero-order valence-corrected chi connectivity index (χ0v) is 15.2. The van der Waals surface area contributed by atoms with Gasteiger partial charge in [0.2, 0.25) is 0 Å². The molecule has 2 aliphatic heterocycles. The number of ether oxygens (including phenoxy) is 1. The Kier molecular flexibility index (Phi) is 4.95. The molecule has 1 saturated heterocycles. The lowest BCUT2D eigenvalue weighted by atomic mass is 9.72. The smallest absolute Gasteiger partial charge is 0.416 e. The van der Waals surface area contributed by atoms with Crippen molar-refractivity contribution in [3.05, 3.63) is 53.6 Å². The number of allylic oxidation sites excluding steroid dienone is 3. The van der Waals surface area contributed by atoms with E-state index >= 15 is 0 Å². The Bertz CT molecular complexity index is 818.